The monoisotopic (exact) mass is 387 g/mol. The van der Waals surface area contributed by atoms with E-state index in [0.717, 1.165) is 16.7 Å². The molecule has 1 aromatic heterocycles. The number of aromatic nitrogens is 2. The van der Waals surface area contributed by atoms with Crippen LogP contribution in [0.5, 0.6) is 0 Å². The summed E-state index contributed by atoms with van der Waals surface area (Å²) in [6.07, 6.45) is 1.66. The van der Waals surface area contributed by atoms with Gasteiger partial charge in [-0.15, -0.1) is 0 Å². The lowest BCUT2D eigenvalue weighted by Gasteiger charge is -2.15. The van der Waals surface area contributed by atoms with Gasteiger partial charge in [-0.25, -0.2) is 14.2 Å². The zero-order valence-electron chi connectivity index (χ0n) is 15.2. The quantitative estimate of drug-likeness (QED) is 0.752. The number of hydrogen-bond acceptors (Lipinski definition) is 5. The van der Waals surface area contributed by atoms with Gasteiger partial charge in [0.25, 0.3) is 5.56 Å². The highest BCUT2D eigenvalue weighted by Crippen LogP contribution is 2.25. The number of ether oxygens (including phenoxy) is 1. The third-order valence-corrected chi connectivity index (χ3v) is 4.85. The van der Waals surface area contributed by atoms with E-state index in [4.69, 9.17) is 16.3 Å². The summed E-state index contributed by atoms with van der Waals surface area (Å²) in [5.74, 6) is -0.717. The largest absolute Gasteiger partial charge is 0.459 e. The number of carbonyl (C=O) groups is 1. The smallest absolute Gasteiger partial charge is 0.339 e. The Hall–Kier alpha value is -2.85. The maximum absolute atomic E-state index is 12.9. The second-order valence-electron chi connectivity index (χ2n) is 6.68. The maximum atomic E-state index is 12.9. The second-order valence-corrected chi connectivity index (χ2v) is 7.08. The highest BCUT2D eigenvalue weighted by molar-refractivity contribution is 6.32. The lowest BCUT2D eigenvalue weighted by molar-refractivity contribution is 0.0377. The third-order valence-electron chi connectivity index (χ3n) is 4.54. The Bertz CT molecular complexity index is 1110. The number of benzene rings is 1. The molecule has 0 saturated heterocycles. The number of hydrogen-bond donors (Lipinski definition) is 0. The first-order chi connectivity index (χ1) is 12.8. The number of nitriles is 1. The summed E-state index contributed by atoms with van der Waals surface area (Å²) in [5.41, 5.74) is 0.345. The molecule has 0 saturated carbocycles. The summed E-state index contributed by atoms with van der Waals surface area (Å²) in [7, 11) is 1.61. The molecule has 7 nitrogen and oxygen atoms in total. The van der Waals surface area contributed by atoms with Crippen LogP contribution >= 0.6 is 11.6 Å². The van der Waals surface area contributed by atoms with Crippen LogP contribution in [-0.2, 0) is 24.6 Å². The zero-order valence-corrected chi connectivity index (χ0v) is 16.0. The van der Waals surface area contributed by atoms with Gasteiger partial charge < -0.3 is 9.30 Å². The molecule has 2 aromatic rings. The molecule has 0 radical (unpaired) electrons. The SMILES string of the molecule is CC(C)OC(=O)c1cc(-n2c(=O)c3c(n(C)c2=O)CCC3)c(Cl)cc1C#N. The van der Waals surface area contributed by atoms with Crippen molar-refractivity contribution >= 4 is 17.6 Å². The maximum Gasteiger partial charge on any atom is 0.339 e. The van der Waals surface area contributed by atoms with Gasteiger partial charge in [-0.3, -0.25) is 4.79 Å². The van der Waals surface area contributed by atoms with Crippen molar-refractivity contribution in [1.29, 1.82) is 5.26 Å². The van der Waals surface area contributed by atoms with Crippen LogP contribution in [0.2, 0.25) is 5.02 Å². The highest BCUT2D eigenvalue weighted by Gasteiger charge is 2.25. The number of halogens is 1. The number of carbonyl (C=O) groups excluding carboxylic acids is 1. The van der Waals surface area contributed by atoms with Gasteiger partial charge in [0.15, 0.2) is 0 Å². The van der Waals surface area contributed by atoms with E-state index in [0.29, 0.717) is 18.4 Å². The Balaban J connectivity index is 2.30. The molecular formula is C19H18ClN3O4. The molecule has 0 unspecified atom stereocenters. The molecule has 0 aliphatic heterocycles. The Morgan fingerprint density at radius 2 is 2.00 bits per heavy atom. The minimum Gasteiger partial charge on any atom is -0.459 e. The molecule has 0 N–H and O–H groups in total. The average molecular weight is 388 g/mol. The molecule has 1 aliphatic carbocycles. The van der Waals surface area contributed by atoms with Gasteiger partial charge >= 0.3 is 11.7 Å². The lowest BCUT2D eigenvalue weighted by Crippen LogP contribution is -2.40. The molecule has 27 heavy (non-hydrogen) atoms. The van der Waals surface area contributed by atoms with Crippen molar-refractivity contribution in [3.05, 3.63) is 60.4 Å². The van der Waals surface area contributed by atoms with Gasteiger partial charge in [0, 0.05) is 18.3 Å². The summed E-state index contributed by atoms with van der Waals surface area (Å²) in [5, 5.41) is 9.35. The van der Waals surface area contributed by atoms with Gasteiger partial charge in [0.05, 0.1) is 27.9 Å². The van der Waals surface area contributed by atoms with E-state index in [1.807, 2.05) is 6.07 Å². The van der Waals surface area contributed by atoms with Crippen LogP contribution in [0.4, 0.5) is 0 Å². The number of nitrogens with zero attached hydrogens (tertiary/aromatic N) is 3. The molecule has 0 atom stereocenters. The van der Waals surface area contributed by atoms with Crippen molar-refractivity contribution in [1.82, 2.24) is 9.13 Å². The predicted molar refractivity (Wildman–Crippen MR) is 99.6 cm³/mol. The van der Waals surface area contributed by atoms with E-state index in [2.05, 4.69) is 0 Å². The van der Waals surface area contributed by atoms with E-state index >= 15 is 0 Å². The van der Waals surface area contributed by atoms with Crippen molar-refractivity contribution in [3.63, 3.8) is 0 Å². The molecule has 1 aromatic carbocycles. The second kappa shape index (κ2) is 7.05. The molecule has 0 amide bonds. The Labute approximate surface area is 160 Å². The molecule has 0 bridgehead atoms. The van der Waals surface area contributed by atoms with Crippen molar-refractivity contribution in [3.8, 4) is 11.8 Å². The molecule has 8 heteroatoms. The van der Waals surface area contributed by atoms with Crippen molar-refractivity contribution in [2.75, 3.05) is 0 Å². The van der Waals surface area contributed by atoms with Crippen molar-refractivity contribution in [2.45, 2.75) is 39.2 Å². The molecule has 1 heterocycles. The molecule has 3 rings (SSSR count). The number of fused-ring (bicyclic) bond motifs is 1. The molecule has 0 fully saturated rings. The van der Waals surface area contributed by atoms with Crippen molar-refractivity contribution < 1.29 is 9.53 Å². The van der Waals surface area contributed by atoms with Gasteiger partial charge in [-0.1, -0.05) is 11.6 Å². The minimum absolute atomic E-state index is 0.0143. The Morgan fingerprint density at radius 1 is 1.30 bits per heavy atom. The Kier molecular flexibility index (Phi) is 4.94. The van der Waals surface area contributed by atoms with Gasteiger partial charge in [-0.05, 0) is 45.2 Å². The third kappa shape index (κ3) is 3.17. The number of esters is 1. The van der Waals surface area contributed by atoms with E-state index in [-0.39, 0.29) is 21.8 Å². The fourth-order valence-electron chi connectivity index (χ4n) is 3.30. The standard InChI is InChI=1S/C19H18ClN3O4/c1-10(2)27-18(25)13-8-16(14(20)7-11(13)9-21)23-17(24)12-5-4-6-15(12)22(3)19(23)26/h7-8,10H,4-6H2,1-3H3. The van der Waals surface area contributed by atoms with Gasteiger partial charge in [0.1, 0.15) is 6.07 Å². The van der Waals surface area contributed by atoms with Crippen LogP contribution in [-0.4, -0.2) is 21.2 Å². The number of rotatable bonds is 3. The average Bonchev–Trinajstić information content (AvgIpc) is 3.10. The Morgan fingerprint density at radius 3 is 2.63 bits per heavy atom. The zero-order chi connectivity index (χ0) is 19.9. The predicted octanol–water partition coefficient (Wildman–Crippen LogP) is 2.12. The molecule has 0 spiro atoms. The highest BCUT2D eigenvalue weighted by atomic mass is 35.5. The molecular weight excluding hydrogens is 370 g/mol. The van der Waals surface area contributed by atoms with Gasteiger partial charge in [0.2, 0.25) is 0 Å². The first kappa shape index (κ1) is 18.9. The van der Waals surface area contributed by atoms with Crippen LogP contribution in [0, 0.1) is 11.3 Å². The summed E-state index contributed by atoms with van der Waals surface area (Å²) >= 11 is 6.26. The lowest BCUT2D eigenvalue weighted by atomic mass is 10.1. The van der Waals surface area contributed by atoms with Gasteiger partial charge in [-0.2, -0.15) is 5.26 Å². The summed E-state index contributed by atoms with van der Waals surface area (Å²) in [6.45, 7) is 3.36. The minimum atomic E-state index is -0.717. The fraction of sp³-hybridized carbons (Fsp3) is 0.368. The fourth-order valence-corrected chi connectivity index (χ4v) is 3.55. The van der Waals surface area contributed by atoms with E-state index in [1.54, 1.807) is 20.9 Å². The molecule has 140 valence electrons. The van der Waals surface area contributed by atoms with E-state index < -0.39 is 23.3 Å². The van der Waals surface area contributed by atoms with Crippen LogP contribution < -0.4 is 11.2 Å². The van der Waals surface area contributed by atoms with Crippen LogP contribution in [0.3, 0.4) is 0 Å². The van der Waals surface area contributed by atoms with Crippen LogP contribution in [0.1, 0.15) is 47.4 Å². The summed E-state index contributed by atoms with van der Waals surface area (Å²) < 4.78 is 7.56. The summed E-state index contributed by atoms with van der Waals surface area (Å²) in [6, 6.07) is 4.44. The van der Waals surface area contributed by atoms with E-state index in [9.17, 15) is 19.6 Å². The topological polar surface area (TPSA) is 94.1 Å². The summed E-state index contributed by atoms with van der Waals surface area (Å²) in [4.78, 5) is 38.1. The van der Waals surface area contributed by atoms with E-state index in [1.165, 1.54) is 16.7 Å². The normalized spacial score (nSPS) is 12.7. The van der Waals surface area contributed by atoms with Crippen LogP contribution in [0.15, 0.2) is 21.7 Å². The molecule has 1 aliphatic rings. The van der Waals surface area contributed by atoms with Crippen LogP contribution in [0.25, 0.3) is 5.69 Å². The van der Waals surface area contributed by atoms with Crippen molar-refractivity contribution in [2.24, 2.45) is 7.05 Å². The first-order valence-electron chi connectivity index (χ1n) is 8.55. The first-order valence-corrected chi connectivity index (χ1v) is 8.92.